The fraction of sp³-hybridized carbons (Fsp3) is 0.111. The number of nitriles is 1. The molecule has 1 heterocycles. The van der Waals surface area contributed by atoms with Crippen LogP contribution in [0.25, 0.3) is 0 Å². The number of aromatic nitrogens is 2. The molecule has 2 aromatic carbocycles. The first-order valence-electron chi connectivity index (χ1n) is 7.45. The summed E-state index contributed by atoms with van der Waals surface area (Å²) in [5.41, 5.74) is 7.88. The first-order valence-corrected chi connectivity index (χ1v) is 7.82. The summed E-state index contributed by atoms with van der Waals surface area (Å²) in [5.74, 6) is 0.0581. The number of anilines is 1. The number of nitrogen functional groups attached to an aromatic ring is 1. The van der Waals surface area contributed by atoms with Gasteiger partial charge in [-0.1, -0.05) is 35.9 Å². The summed E-state index contributed by atoms with van der Waals surface area (Å²) in [6.45, 7) is 0.546. The molecule has 0 amide bonds. The van der Waals surface area contributed by atoms with E-state index in [-0.39, 0.29) is 29.7 Å². The molecule has 7 heteroatoms. The van der Waals surface area contributed by atoms with Gasteiger partial charge < -0.3 is 10.5 Å². The van der Waals surface area contributed by atoms with E-state index in [1.54, 1.807) is 24.3 Å². The Hall–Kier alpha value is -3.04. The SMILES string of the molecule is N#Cc1c(OCc2ccc(F)cc2)nn(Cc2ccc(Cl)cc2)c1N. The third-order valence-electron chi connectivity index (χ3n) is 3.61. The Kier molecular flexibility index (Phi) is 4.87. The molecule has 2 N–H and O–H groups in total. The number of ether oxygens (including phenoxy) is 1. The second-order valence-corrected chi connectivity index (χ2v) is 5.81. The Morgan fingerprint density at radius 3 is 2.40 bits per heavy atom. The lowest BCUT2D eigenvalue weighted by atomic mass is 10.2. The van der Waals surface area contributed by atoms with Crippen LogP contribution in [0.3, 0.4) is 0 Å². The topological polar surface area (TPSA) is 76.9 Å². The van der Waals surface area contributed by atoms with Gasteiger partial charge in [-0.3, -0.25) is 0 Å². The molecule has 0 fully saturated rings. The second-order valence-electron chi connectivity index (χ2n) is 5.38. The monoisotopic (exact) mass is 356 g/mol. The molecule has 0 aliphatic carbocycles. The van der Waals surface area contributed by atoms with Crippen LogP contribution in [0.15, 0.2) is 48.5 Å². The van der Waals surface area contributed by atoms with Crippen LogP contribution < -0.4 is 10.5 Å². The van der Waals surface area contributed by atoms with Crippen LogP contribution in [0.4, 0.5) is 10.2 Å². The molecule has 0 radical (unpaired) electrons. The number of nitrogens with two attached hydrogens (primary N) is 1. The lowest BCUT2D eigenvalue weighted by Crippen LogP contribution is -2.06. The predicted molar refractivity (Wildman–Crippen MR) is 92.6 cm³/mol. The largest absolute Gasteiger partial charge is 0.471 e. The summed E-state index contributed by atoms with van der Waals surface area (Å²) < 4.78 is 20.0. The van der Waals surface area contributed by atoms with Gasteiger partial charge in [-0.15, -0.1) is 5.10 Å². The van der Waals surface area contributed by atoms with Gasteiger partial charge in [-0.05, 0) is 35.4 Å². The van der Waals surface area contributed by atoms with Gasteiger partial charge in [0.1, 0.15) is 24.3 Å². The molecule has 0 saturated heterocycles. The first kappa shape index (κ1) is 16.8. The molecule has 3 rings (SSSR count). The molecule has 0 atom stereocenters. The van der Waals surface area contributed by atoms with Crippen LogP contribution in [-0.4, -0.2) is 9.78 Å². The van der Waals surface area contributed by atoms with Gasteiger partial charge in [-0.25, -0.2) is 9.07 Å². The van der Waals surface area contributed by atoms with Crippen molar-refractivity contribution in [1.29, 1.82) is 5.26 Å². The van der Waals surface area contributed by atoms with E-state index < -0.39 is 0 Å². The Balaban J connectivity index is 1.79. The normalized spacial score (nSPS) is 10.4. The standard InChI is InChI=1S/C18H14ClFN4O/c19-14-5-1-12(2-6-14)10-24-17(22)16(9-21)18(23-24)25-11-13-3-7-15(20)8-4-13/h1-8H,10-11,22H2. The van der Waals surface area contributed by atoms with Crippen LogP contribution in [0.2, 0.25) is 5.02 Å². The first-order chi connectivity index (χ1) is 12.1. The molecule has 0 spiro atoms. The number of halogens is 2. The fourth-order valence-electron chi connectivity index (χ4n) is 2.27. The summed E-state index contributed by atoms with van der Waals surface area (Å²) in [5, 5.41) is 14.2. The number of nitrogens with zero attached hydrogens (tertiary/aromatic N) is 3. The quantitative estimate of drug-likeness (QED) is 0.755. The second kappa shape index (κ2) is 7.24. The third-order valence-corrected chi connectivity index (χ3v) is 3.86. The highest BCUT2D eigenvalue weighted by molar-refractivity contribution is 6.30. The molecule has 0 unspecified atom stereocenters. The zero-order valence-corrected chi connectivity index (χ0v) is 13.9. The summed E-state index contributed by atoms with van der Waals surface area (Å²) in [6.07, 6.45) is 0. The molecule has 0 bridgehead atoms. The molecule has 126 valence electrons. The zero-order chi connectivity index (χ0) is 17.8. The van der Waals surface area contributed by atoms with Gasteiger partial charge in [-0.2, -0.15) is 5.26 Å². The molecule has 0 aliphatic heterocycles. The van der Waals surface area contributed by atoms with Crippen molar-refractivity contribution in [2.75, 3.05) is 5.73 Å². The average Bonchev–Trinajstić information content (AvgIpc) is 2.91. The highest BCUT2D eigenvalue weighted by atomic mass is 35.5. The number of hydrogen-bond acceptors (Lipinski definition) is 4. The maximum atomic E-state index is 12.9. The van der Waals surface area contributed by atoms with Crippen LogP contribution >= 0.6 is 11.6 Å². The van der Waals surface area contributed by atoms with E-state index in [1.165, 1.54) is 16.8 Å². The predicted octanol–water partition coefficient (Wildman–Crippen LogP) is 3.76. The van der Waals surface area contributed by atoms with Gasteiger partial charge in [0, 0.05) is 5.02 Å². The van der Waals surface area contributed by atoms with Crippen molar-refractivity contribution in [1.82, 2.24) is 9.78 Å². The number of benzene rings is 2. The maximum absolute atomic E-state index is 12.9. The number of hydrogen-bond donors (Lipinski definition) is 1. The van der Waals surface area contributed by atoms with Crippen molar-refractivity contribution in [2.24, 2.45) is 0 Å². The average molecular weight is 357 g/mol. The summed E-state index contributed by atoms with van der Waals surface area (Å²) in [7, 11) is 0. The fourth-order valence-corrected chi connectivity index (χ4v) is 2.40. The Labute approximate surface area is 149 Å². The van der Waals surface area contributed by atoms with Gasteiger partial charge in [0.15, 0.2) is 5.56 Å². The molecular formula is C18H14ClFN4O. The van der Waals surface area contributed by atoms with Crippen molar-refractivity contribution in [3.8, 4) is 11.9 Å². The maximum Gasteiger partial charge on any atom is 0.253 e. The molecule has 1 aromatic heterocycles. The van der Waals surface area contributed by atoms with Crippen molar-refractivity contribution in [3.05, 3.63) is 76.1 Å². The van der Waals surface area contributed by atoms with E-state index in [0.29, 0.717) is 11.6 Å². The lowest BCUT2D eigenvalue weighted by molar-refractivity contribution is 0.289. The van der Waals surface area contributed by atoms with E-state index >= 15 is 0 Å². The van der Waals surface area contributed by atoms with Gasteiger partial charge in [0.25, 0.3) is 5.88 Å². The molecule has 0 saturated carbocycles. The van der Waals surface area contributed by atoms with E-state index in [4.69, 9.17) is 22.1 Å². The summed E-state index contributed by atoms with van der Waals surface area (Å²) >= 11 is 5.87. The summed E-state index contributed by atoms with van der Waals surface area (Å²) in [6, 6.07) is 15.2. The third kappa shape index (κ3) is 3.90. The smallest absolute Gasteiger partial charge is 0.253 e. The molecule has 3 aromatic rings. The van der Waals surface area contributed by atoms with E-state index in [1.807, 2.05) is 18.2 Å². The van der Waals surface area contributed by atoms with Gasteiger partial charge in [0.2, 0.25) is 0 Å². The van der Waals surface area contributed by atoms with Crippen LogP contribution in [0, 0.1) is 17.1 Å². The number of rotatable bonds is 5. The minimum Gasteiger partial charge on any atom is -0.471 e. The minimum atomic E-state index is -0.321. The molecule has 5 nitrogen and oxygen atoms in total. The highest BCUT2D eigenvalue weighted by Crippen LogP contribution is 2.25. The Morgan fingerprint density at radius 2 is 1.76 bits per heavy atom. The van der Waals surface area contributed by atoms with Crippen LogP contribution in [0.5, 0.6) is 5.88 Å². The van der Waals surface area contributed by atoms with Gasteiger partial charge in [0.05, 0.1) is 6.54 Å². The van der Waals surface area contributed by atoms with Crippen molar-refractivity contribution in [2.45, 2.75) is 13.2 Å². The highest BCUT2D eigenvalue weighted by Gasteiger charge is 2.17. The minimum absolute atomic E-state index is 0.151. The zero-order valence-electron chi connectivity index (χ0n) is 13.1. The van der Waals surface area contributed by atoms with Crippen molar-refractivity contribution in [3.63, 3.8) is 0 Å². The molecule has 25 heavy (non-hydrogen) atoms. The van der Waals surface area contributed by atoms with Crippen LogP contribution in [0.1, 0.15) is 16.7 Å². The van der Waals surface area contributed by atoms with Gasteiger partial charge >= 0.3 is 0 Å². The molecular weight excluding hydrogens is 343 g/mol. The van der Waals surface area contributed by atoms with Crippen molar-refractivity contribution < 1.29 is 9.13 Å². The van der Waals surface area contributed by atoms with Crippen LogP contribution in [-0.2, 0) is 13.2 Å². The van der Waals surface area contributed by atoms with Crippen molar-refractivity contribution >= 4 is 17.4 Å². The van der Waals surface area contributed by atoms with E-state index in [2.05, 4.69) is 5.10 Å². The van der Waals surface area contributed by atoms with E-state index in [0.717, 1.165) is 11.1 Å². The van der Waals surface area contributed by atoms with E-state index in [9.17, 15) is 9.65 Å². The lowest BCUT2D eigenvalue weighted by Gasteiger charge is -2.04. The summed E-state index contributed by atoms with van der Waals surface area (Å²) in [4.78, 5) is 0. The Bertz CT molecular complexity index is 914. The molecule has 0 aliphatic rings. The Morgan fingerprint density at radius 1 is 1.12 bits per heavy atom.